The minimum Gasteiger partial charge on any atom is -0.315 e. The summed E-state index contributed by atoms with van der Waals surface area (Å²) in [6.45, 7) is 3.19. The zero-order valence-corrected chi connectivity index (χ0v) is 9.03. The van der Waals surface area contributed by atoms with Gasteiger partial charge in [0.2, 0.25) is 0 Å². The first-order chi connectivity index (χ1) is 6.79. The molecule has 0 saturated carbocycles. The third-order valence-corrected chi connectivity index (χ3v) is 2.08. The second kappa shape index (κ2) is 6.51. The summed E-state index contributed by atoms with van der Waals surface area (Å²) in [7, 11) is 4.18. The van der Waals surface area contributed by atoms with E-state index in [1.807, 2.05) is 12.4 Å². The molecule has 3 heteroatoms. The van der Waals surface area contributed by atoms with Crippen LogP contribution in [0.4, 0.5) is 0 Å². The van der Waals surface area contributed by atoms with E-state index in [1.54, 1.807) is 0 Å². The van der Waals surface area contributed by atoms with Crippen LogP contribution in [0.3, 0.4) is 0 Å². The third-order valence-electron chi connectivity index (χ3n) is 2.08. The summed E-state index contributed by atoms with van der Waals surface area (Å²) in [5.74, 6) is 0. The lowest BCUT2D eigenvalue weighted by molar-refractivity contribution is 0.401. The molecular weight excluding hydrogens is 174 g/mol. The van der Waals surface area contributed by atoms with Gasteiger partial charge in [0.1, 0.15) is 0 Å². The molecule has 1 aromatic heterocycles. The van der Waals surface area contributed by atoms with Crippen molar-refractivity contribution >= 4 is 0 Å². The van der Waals surface area contributed by atoms with Gasteiger partial charge in [-0.05, 0) is 44.8 Å². The van der Waals surface area contributed by atoms with Crippen molar-refractivity contribution in [1.29, 1.82) is 0 Å². The standard InChI is InChI=1S/C11H19N3/c1-14(2)10-9-13-8-5-11-3-6-12-7-4-11/h3-4,6-7,13H,5,8-10H2,1-2H3. The summed E-state index contributed by atoms with van der Waals surface area (Å²) >= 11 is 0. The van der Waals surface area contributed by atoms with Gasteiger partial charge >= 0.3 is 0 Å². The number of aromatic nitrogens is 1. The molecule has 0 aromatic carbocycles. The van der Waals surface area contributed by atoms with Crippen molar-refractivity contribution < 1.29 is 0 Å². The van der Waals surface area contributed by atoms with Crippen LogP contribution < -0.4 is 5.32 Å². The highest BCUT2D eigenvalue weighted by atomic mass is 15.1. The first-order valence-electron chi connectivity index (χ1n) is 5.03. The third kappa shape index (κ3) is 4.94. The van der Waals surface area contributed by atoms with E-state index in [-0.39, 0.29) is 0 Å². The molecular formula is C11H19N3. The molecule has 3 nitrogen and oxygen atoms in total. The van der Waals surface area contributed by atoms with E-state index in [0.717, 1.165) is 26.1 Å². The molecule has 0 spiro atoms. The van der Waals surface area contributed by atoms with Crippen LogP contribution >= 0.6 is 0 Å². The lowest BCUT2D eigenvalue weighted by Crippen LogP contribution is -2.27. The molecule has 0 fully saturated rings. The molecule has 0 aliphatic carbocycles. The number of rotatable bonds is 6. The Labute approximate surface area is 86.2 Å². The van der Waals surface area contributed by atoms with Crippen molar-refractivity contribution in [3.8, 4) is 0 Å². The van der Waals surface area contributed by atoms with Crippen molar-refractivity contribution in [2.24, 2.45) is 0 Å². The van der Waals surface area contributed by atoms with Gasteiger partial charge in [-0.15, -0.1) is 0 Å². The molecule has 0 saturated heterocycles. The normalized spacial score (nSPS) is 10.8. The molecule has 1 heterocycles. The zero-order valence-electron chi connectivity index (χ0n) is 9.03. The Morgan fingerprint density at radius 3 is 2.57 bits per heavy atom. The molecule has 1 aromatic rings. The van der Waals surface area contributed by atoms with Gasteiger partial charge in [0, 0.05) is 25.5 Å². The molecule has 1 N–H and O–H groups in total. The summed E-state index contributed by atoms with van der Waals surface area (Å²) in [6.07, 6.45) is 4.76. The highest BCUT2D eigenvalue weighted by Crippen LogP contribution is 1.95. The van der Waals surface area contributed by atoms with E-state index in [1.165, 1.54) is 5.56 Å². The number of likely N-dealkylation sites (N-methyl/N-ethyl adjacent to an activating group) is 1. The number of hydrogen-bond donors (Lipinski definition) is 1. The fourth-order valence-electron chi connectivity index (χ4n) is 1.21. The van der Waals surface area contributed by atoms with Crippen molar-refractivity contribution in [3.05, 3.63) is 30.1 Å². The van der Waals surface area contributed by atoms with Gasteiger partial charge in [-0.1, -0.05) is 0 Å². The summed E-state index contributed by atoms with van der Waals surface area (Å²) in [4.78, 5) is 6.17. The fourth-order valence-corrected chi connectivity index (χ4v) is 1.21. The molecule has 0 bridgehead atoms. The van der Waals surface area contributed by atoms with Crippen LogP contribution in [-0.2, 0) is 6.42 Å². The predicted octanol–water partition coefficient (Wildman–Crippen LogP) is 0.775. The zero-order chi connectivity index (χ0) is 10.2. The Bertz CT molecular complexity index is 234. The second-order valence-electron chi connectivity index (χ2n) is 3.66. The fraction of sp³-hybridized carbons (Fsp3) is 0.545. The van der Waals surface area contributed by atoms with Gasteiger partial charge in [0.25, 0.3) is 0 Å². The summed E-state index contributed by atoms with van der Waals surface area (Å²) < 4.78 is 0. The van der Waals surface area contributed by atoms with Gasteiger partial charge in [-0.2, -0.15) is 0 Å². The van der Waals surface area contributed by atoms with E-state index in [2.05, 4.69) is 41.4 Å². The smallest absolute Gasteiger partial charge is 0.0270 e. The average molecular weight is 193 g/mol. The Kier molecular flexibility index (Phi) is 5.19. The summed E-state index contributed by atoms with van der Waals surface area (Å²) in [5.41, 5.74) is 1.34. The van der Waals surface area contributed by atoms with Gasteiger partial charge < -0.3 is 10.2 Å². The van der Waals surface area contributed by atoms with Crippen LogP contribution in [0.15, 0.2) is 24.5 Å². The lowest BCUT2D eigenvalue weighted by Gasteiger charge is -2.10. The number of hydrogen-bond acceptors (Lipinski definition) is 3. The van der Waals surface area contributed by atoms with Crippen LogP contribution in [0.5, 0.6) is 0 Å². The first kappa shape index (κ1) is 11.1. The Morgan fingerprint density at radius 1 is 1.21 bits per heavy atom. The highest BCUT2D eigenvalue weighted by molar-refractivity contribution is 5.09. The molecule has 0 atom stereocenters. The maximum absolute atomic E-state index is 3.99. The van der Waals surface area contributed by atoms with Crippen molar-refractivity contribution in [2.45, 2.75) is 6.42 Å². The van der Waals surface area contributed by atoms with Crippen molar-refractivity contribution in [2.75, 3.05) is 33.7 Å². The maximum atomic E-state index is 3.99. The molecule has 78 valence electrons. The SMILES string of the molecule is CN(C)CCNCCc1ccncc1. The second-order valence-corrected chi connectivity index (χ2v) is 3.66. The molecule has 0 unspecified atom stereocenters. The van der Waals surface area contributed by atoms with Crippen molar-refractivity contribution in [3.63, 3.8) is 0 Å². The van der Waals surface area contributed by atoms with E-state index in [9.17, 15) is 0 Å². The Hall–Kier alpha value is -0.930. The summed E-state index contributed by atoms with van der Waals surface area (Å²) in [6, 6.07) is 4.13. The maximum Gasteiger partial charge on any atom is 0.0270 e. The quantitative estimate of drug-likeness (QED) is 0.677. The molecule has 0 radical (unpaired) electrons. The Balaban J connectivity index is 2.05. The van der Waals surface area contributed by atoms with Gasteiger partial charge in [-0.25, -0.2) is 0 Å². The van der Waals surface area contributed by atoms with Crippen LogP contribution in [-0.4, -0.2) is 43.6 Å². The van der Waals surface area contributed by atoms with Crippen LogP contribution in [0.2, 0.25) is 0 Å². The van der Waals surface area contributed by atoms with Gasteiger partial charge in [0.15, 0.2) is 0 Å². The van der Waals surface area contributed by atoms with E-state index in [0.29, 0.717) is 0 Å². The van der Waals surface area contributed by atoms with E-state index < -0.39 is 0 Å². The van der Waals surface area contributed by atoms with Crippen LogP contribution in [0, 0.1) is 0 Å². The van der Waals surface area contributed by atoms with Crippen molar-refractivity contribution in [1.82, 2.24) is 15.2 Å². The van der Waals surface area contributed by atoms with Gasteiger partial charge in [0.05, 0.1) is 0 Å². The van der Waals surface area contributed by atoms with E-state index in [4.69, 9.17) is 0 Å². The molecule has 1 rings (SSSR count). The molecule has 14 heavy (non-hydrogen) atoms. The topological polar surface area (TPSA) is 28.2 Å². The monoisotopic (exact) mass is 193 g/mol. The average Bonchev–Trinajstić information content (AvgIpc) is 2.18. The van der Waals surface area contributed by atoms with Crippen LogP contribution in [0.25, 0.3) is 0 Å². The van der Waals surface area contributed by atoms with E-state index >= 15 is 0 Å². The number of nitrogens with one attached hydrogen (secondary N) is 1. The molecule has 0 aliphatic rings. The Morgan fingerprint density at radius 2 is 1.93 bits per heavy atom. The van der Waals surface area contributed by atoms with Gasteiger partial charge in [-0.3, -0.25) is 4.98 Å². The minimum absolute atomic E-state index is 1.04. The summed E-state index contributed by atoms with van der Waals surface area (Å²) in [5, 5.41) is 3.40. The number of nitrogens with zero attached hydrogens (tertiary/aromatic N) is 2. The predicted molar refractivity (Wildman–Crippen MR) is 59.4 cm³/mol. The lowest BCUT2D eigenvalue weighted by atomic mass is 10.2. The van der Waals surface area contributed by atoms with Crippen LogP contribution in [0.1, 0.15) is 5.56 Å². The minimum atomic E-state index is 1.04. The first-order valence-corrected chi connectivity index (χ1v) is 5.03. The molecule has 0 aliphatic heterocycles. The molecule has 0 amide bonds. The highest BCUT2D eigenvalue weighted by Gasteiger charge is 1.92. The number of pyridine rings is 1. The largest absolute Gasteiger partial charge is 0.315 e.